The molecule has 0 bridgehead atoms. The molecule has 2 aromatic rings. The second-order valence-corrected chi connectivity index (χ2v) is 6.78. The van der Waals surface area contributed by atoms with Crippen LogP contribution in [0, 0.1) is 0 Å². The average molecular weight is 325 g/mol. The largest absolute Gasteiger partial charge is 0.378 e. The maximum absolute atomic E-state index is 6.19. The molecule has 0 amide bonds. The molecule has 1 aromatic heterocycles. The van der Waals surface area contributed by atoms with Gasteiger partial charge in [0.2, 0.25) is 5.16 Å². The molecular formula is C14H17ClN4OS. The van der Waals surface area contributed by atoms with E-state index < -0.39 is 0 Å². The molecule has 7 heteroatoms. The quantitative estimate of drug-likeness (QED) is 0.879. The smallest absolute Gasteiger partial charge is 0.210 e. The highest BCUT2D eigenvalue weighted by Gasteiger charge is 2.23. The van der Waals surface area contributed by atoms with Crippen LogP contribution in [0.2, 0.25) is 5.02 Å². The van der Waals surface area contributed by atoms with Gasteiger partial charge < -0.3 is 10.6 Å². The molecular weight excluding hydrogens is 308 g/mol. The van der Waals surface area contributed by atoms with Gasteiger partial charge in [0, 0.05) is 17.4 Å². The topological polar surface area (TPSA) is 66.0 Å². The summed E-state index contributed by atoms with van der Waals surface area (Å²) in [7, 11) is 0. The van der Waals surface area contributed by atoms with Gasteiger partial charge >= 0.3 is 0 Å². The molecule has 0 spiro atoms. The first kappa shape index (κ1) is 14.7. The van der Waals surface area contributed by atoms with Gasteiger partial charge in [-0.2, -0.15) is 0 Å². The lowest BCUT2D eigenvalue weighted by Gasteiger charge is -2.26. The van der Waals surface area contributed by atoms with E-state index >= 15 is 0 Å². The van der Waals surface area contributed by atoms with E-state index in [4.69, 9.17) is 22.2 Å². The molecule has 1 fully saturated rings. The number of hydrogen-bond donors (Lipinski definition) is 1. The number of nitrogens with zero attached hydrogens (tertiary/aromatic N) is 3. The fourth-order valence-corrected chi connectivity index (χ4v) is 3.78. The van der Waals surface area contributed by atoms with Crippen molar-refractivity contribution in [3.63, 3.8) is 0 Å². The van der Waals surface area contributed by atoms with Gasteiger partial charge in [0.25, 0.3) is 0 Å². The van der Waals surface area contributed by atoms with E-state index in [2.05, 4.69) is 17.1 Å². The Bertz CT molecular complexity index is 633. The number of aromatic nitrogens is 3. The third kappa shape index (κ3) is 3.17. The molecule has 2 heterocycles. The first-order valence-electron chi connectivity index (χ1n) is 6.89. The molecule has 0 radical (unpaired) electrons. The number of nitrogens with two attached hydrogens (primary N) is 1. The summed E-state index contributed by atoms with van der Waals surface area (Å²) >= 11 is 7.85. The summed E-state index contributed by atoms with van der Waals surface area (Å²) in [5, 5.41) is 10.2. The summed E-state index contributed by atoms with van der Waals surface area (Å²) in [5.74, 6) is 6.72. The maximum atomic E-state index is 6.19. The van der Waals surface area contributed by atoms with Crippen molar-refractivity contribution < 1.29 is 4.74 Å². The van der Waals surface area contributed by atoms with Crippen LogP contribution in [0.1, 0.15) is 19.8 Å². The highest BCUT2D eigenvalue weighted by atomic mass is 35.5. The van der Waals surface area contributed by atoms with Crippen LogP contribution in [0.4, 0.5) is 0 Å². The maximum Gasteiger partial charge on any atom is 0.210 e. The first-order chi connectivity index (χ1) is 10.1. The fraction of sp³-hybridized carbons (Fsp3) is 0.429. The second kappa shape index (κ2) is 6.25. The van der Waals surface area contributed by atoms with Crippen molar-refractivity contribution >= 4 is 23.4 Å². The van der Waals surface area contributed by atoms with Crippen LogP contribution in [0.25, 0.3) is 11.4 Å². The monoisotopic (exact) mass is 324 g/mol. The van der Waals surface area contributed by atoms with Crippen LogP contribution in [-0.4, -0.2) is 32.8 Å². The molecule has 0 saturated carbocycles. The molecule has 1 saturated heterocycles. The molecule has 1 aliphatic heterocycles. The first-order valence-corrected chi connectivity index (χ1v) is 8.14. The van der Waals surface area contributed by atoms with Gasteiger partial charge in [-0.15, -0.1) is 10.2 Å². The molecule has 0 aliphatic carbocycles. The zero-order valence-electron chi connectivity index (χ0n) is 11.7. The van der Waals surface area contributed by atoms with Crippen molar-refractivity contribution in [3.8, 4) is 11.4 Å². The Balaban J connectivity index is 1.81. The zero-order chi connectivity index (χ0) is 14.8. The van der Waals surface area contributed by atoms with Crippen LogP contribution >= 0.6 is 23.4 Å². The Morgan fingerprint density at radius 3 is 2.95 bits per heavy atom. The summed E-state index contributed by atoms with van der Waals surface area (Å²) in [6.07, 6.45) is 2.29. The van der Waals surface area contributed by atoms with E-state index in [-0.39, 0.29) is 6.10 Å². The van der Waals surface area contributed by atoms with Crippen molar-refractivity contribution in [2.45, 2.75) is 36.3 Å². The Morgan fingerprint density at radius 2 is 2.19 bits per heavy atom. The number of halogens is 1. The minimum Gasteiger partial charge on any atom is -0.378 e. The Labute approximate surface area is 132 Å². The standard InChI is InChI=1S/C14H17ClN4OS/c1-9-8-10(6-7-20-9)21-14-18-17-13(19(14)16)11-4-2-3-5-12(11)15/h2-5,9-10H,6-8,16H2,1H3/t9-,10+/m1/s1. The van der Waals surface area contributed by atoms with Crippen LogP contribution in [-0.2, 0) is 4.74 Å². The summed E-state index contributed by atoms with van der Waals surface area (Å²) in [4.78, 5) is 0. The second-order valence-electron chi connectivity index (χ2n) is 5.10. The van der Waals surface area contributed by atoms with Crippen LogP contribution in [0.15, 0.2) is 29.4 Å². The molecule has 2 N–H and O–H groups in total. The SMILES string of the molecule is C[C@@H]1C[C@@H](Sc2nnc(-c3ccccc3Cl)n2N)CCO1. The van der Waals surface area contributed by atoms with Crippen molar-refractivity contribution in [1.29, 1.82) is 0 Å². The van der Waals surface area contributed by atoms with Crippen molar-refractivity contribution in [2.75, 3.05) is 12.4 Å². The number of nitrogen functional groups attached to an aromatic ring is 1. The van der Waals surface area contributed by atoms with Crippen molar-refractivity contribution in [1.82, 2.24) is 14.9 Å². The average Bonchev–Trinajstić information content (AvgIpc) is 2.81. The normalized spacial score (nSPS) is 22.4. The number of rotatable bonds is 3. The van der Waals surface area contributed by atoms with Crippen LogP contribution in [0.3, 0.4) is 0 Å². The lowest BCUT2D eigenvalue weighted by molar-refractivity contribution is 0.0314. The van der Waals surface area contributed by atoms with Gasteiger partial charge in [0.05, 0.1) is 11.1 Å². The van der Waals surface area contributed by atoms with Crippen LogP contribution < -0.4 is 5.84 Å². The van der Waals surface area contributed by atoms with Gasteiger partial charge in [-0.3, -0.25) is 0 Å². The minimum absolute atomic E-state index is 0.286. The molecule has 3 rings (SSSR count). The minimum atomic E-state index is 0.286. The summed E-state index contributed by atoms with van der Waals surface area (Å²) in [5.41, 5.74) is 0.793. The van der Waals surface area contributed by atoms with Gasteiger partial charge in [-0.1, -0.05) is 35.5 Å². The summed E-state index contributed by atoms with van der Waals surface area (Å²) in [6, 6.07) is 7.49. The molecule has 0 unspecified atom stereocenters. The zero-order valence-corrected chi connectivity index (χ0v) is 13.3. The van der Waals surface area contributed by atoms with Gasteiger partial charge in [0.15, 0.2) is 5.82 Å². The van der Waals surface area contributed by atoms with Crippen molar-refractivity contribution in [2.24, 2.45) is 0 Å². The summed E-state index contributed by atoms with van der Waals surface area (Å²) < 4.78 is 7.08. The van der Waals surface area contributed by atoms with Gasteiger partial charge in [0.1, 0.15) is 0 Å². The summed E-state index contributed by atoms with van der Waals surface area (Å²) in [6.45, 7) is 2.88. The number of ether oxygens (including phenoxy) is 1. The lowest BCUT2D eigenvalue weighted by Crippen LogP contribution is -2.25. The van der Waals surface area contributed by atoms with Crippen LogP contribution in [0.5, 0.6) is 0 Å². The predicted molar refractivity (Wildman–Crippen MR) is 84.9 cm³/mol. The molecule has 2 atom stereocenters. The van der Waals surface area contributed by atoms with E-state index in [1.165, 1.54) is 4.68 Å². The van der Waals surface area contributed by atoms with Gasteiger partial charge in [-0.25, -0.2) is 4.68 Å². The number of hydrogen-bond acceptors (Lipinski definition) is 5. The van der Waals surface area contributed by atoms with E-state index in [0.29, 0.717) is 21.3 Å². The van der Waals surface area contributed by atoms with Crippen molar-refractivity contribution in [3.05, 3.63) is 29.3 Å². The van der Waals surface area contributed by atoms with Gasteiger partial charge in [-0.05, 0) is 31.9 Å². The Morgan fingerprint density at radius 1 is 1.38 bits per heavy atom. The molecule has 21 heavy (non-hydrogen) atoms. The lowest BCUT2D eigenvalue weighted by atomic mass is 10.1. The highest BCUT2D eigenvalue weighted by molar-refractivity contribution is 7.99. The van der Waals surface area contributed by atoms with E-state index in [1.54, 1.807) is 11.8 Å². The third-order valence-electron chi connectivity index (χ3n) is 3.49. The van der Waals surface area contributed by atoms with E-state index in [9.17, 15) is 0 Å². The van der Waals surface area contributed by atoms with E-state index in [0.717, 1.165) is 25.0 Å². The van der Waals surface area contributed by atoms with E-state index in [1.807, 2.05) is 24.3 Å². The Kier molecular flexibility index (Phi) is 4.37. The highest BCUT2D eigenvalue weighted by Crippen LogP contribution is 2.32. The molecule has 1 aromatic carbocycles. The Hall–Kier alpha value is -1.24. The predicted octanol–water partition coefficient (Wildman–Crippen LogP) is 2.97. The molecule has 112 valence electrons. The third-order valence-corrected chi connectivity index (χ3v) is 5.07. The fourth-order valence-electron chi connectivity index (χ4n) is 2.40. The molecule has 1 aliphatic rings. The molecule has 5 nitrogen and oxygen atoms in total. The number of thioether (sulfide) groups is 1. The number of benzene rings is 1.